The highest BCUT2D eigenvalue weighted by Crippen LogP contribution is 2.40. The van der Waals surface area contributed by atoms with Crippen LogP contribution in [0, 0.1) is 17.0 Å². The molecule has 0 radical (unpaired) electrons. The van der Waals surface area contributed by atoms with E-state index in [0.29, 0.717) is 40.7 Å². The number of hydrogen-bond donors (Lipinski definition) is 0. The van der Waals surface area contributed by atoms with E-state index >= 15 is 0 Å². The molecule has 0 unspecified atom stereocenters. The smallest absolute Gasteiger partial charge is 0.273 e. The lowest BCUT2D eigenvalue weighted by Crippen LogP contribution is -2.34. The van der Waals surface area contributed by atoms with Gasteiger partial charge in [0, 0.05) is 23.7 Å². The van der Waals surface area contributed by atoms with E-state index in [4.69, 9.17) is 14.5 Å². The SMILES string of the molecule is COc1ccc(OC)c2sc(N(CCCN(C)C)C(=O)c3cccc([N+](=O)[O-])c3C)nc12. The number of carbonyl (C=O) groups excluding carboxylic acids is 1. The van der Waals surface area contributed by atoms with Gasteiger partial charge in [0.15, 0.2) is 5.13 Å². The number of rotatable bonds is 9. The molecule has 9 nitrogen and oxygen atoms in total. The van der Waals surface area contributed by atoms with E-state index in [9.17, 15) is 14.9 Å². The Bertz CT molecular complexity index is 1100. The first-order valence-electron chi connectivity index (χ1n) is 10.0. The number of methoxy groups -OCH3 is 2. The lowest BCUT2D eigenvalue weighted by Gasteiger charge is -2.21. The van der Waals surface area contributed by atoms with Gasteiger partial charge in [0.1, 0.15) is 21.7 Å². The Morgan fingerprint density at radius 1 is 1.12 bits per heavy atom. The molecule has 0 saturated carbocycles. The molecule has 1 amide bonds. The summed E-state index contributed by atoms with van der Waals surface area (Å²) >= 11 is 1.33. The van der Waals surface area contributed by atoms with Crippen molar-refractivity contribution in [2.75, 3.05) is 46.3 Å². The third-order valence-corrected chi connectivity index (χ3v) is 6.19. The Kier molecular flexibility index (Phi) is 7.26. The Hall–Kier alpha value is -3.24. The Morgan fingerprint density at radius 2 is 1.81 bits per heavy atom. The van der Waals surface area contributed by atoms with Gasteiger partial charge in [0.2, 0.25) is 0 Å². The van der Waals surface area contributed by atoms with Crippen LogP contribution >= 0.6 is 11.3 Å². The zero-order valence-corrected chi connectivity index (χ0v) is 19.6. The second-order valence-electron chi connectivity index (χ2n) is 7.46. The summed E-state index contributed by atoms with van der Waals surface area (Å²) < 4.78 is 11.7. The molecule has 1 aromatic heterocycles. The molecule has 170 valence electrons. The third kappa shape index (κ3) is 4.66. The average Bonchev–Trinajstić information content (AvgIpc) is 3.20. The number of ether oxygens (including phenoxy) is 2. The fraction of sp³-hybridized carbons (Fsp3) is 0.364. The molecule has 0 aliphatic carbocycles. The number of nitro benzene ring substituents is 1. The highest BCUT2D eigenvalue weighted by Gasteiger charge is 2.26. The molecular weight excluding hydrogens is 432 g/mol. The van der Waals surface area contributed by atoms with Crippen LogP contribution in [0.25, 0.3) is 10.2 Å². The fourth-order valence-electron chi connectivity index (χ4n) is 3.42. The molecule has 0 atom stereocenters. The first kappa shape index (κ1) is 23.4. The molecule has 3 rings (SSSR count). The molecule has 0 aliphatic heterocycles. The number of nitrogens with zero attached hydrogens (tertiary/aromatic N) is 4. The molecular formula is C22H26N4O5S. The molecule has 3 aromatic rings. The van der Waals surface area contributed by atoms with E-state index < -0.39 is 4.92 Å². The molecule has 10 heteroatoms. The first-order valence-corrected chi connectivity index (χ1v) is 10.8. The molecule has 0 saturated heterocycles. The summed E-state index contributed by atoms with van der Waals surface area (Å²) in [6, 6.07) is 8.11. The van der Waals surface area contributed by atoms with Gasteiger partial charge in [-0.2, -0.15) is 0 Å². The first-order chi connectivity index (χ1) is 15.3. The Balaban J connectivity index is 2.10. The van der Waals surface area contributed by atoms with Crippen molar-refractivity contribution in [3.05, 3.63) is 51.6 Å². The second-order valence-corrected chi connectivity index (χ2v) is 8.44. The van der Waals surface area contributed by atoms with Gasteiger partial charge in [-0.15, -0.1) is 0 Å². The lowest BCUT2D eigenvalue weighted by molar-refractivity contribution is -0.385. The minimum absolute atomic E-state index is 0.0864. The maximum absolute atomic E-state index is 13.6. The molecule has 0 fully saturated rings. The monoisotopic (exact) mass is 458 g/mol. The summed E-state index contributed by atoms with van der Waals surface area (Å²) in [5.74, 6) is 0.884. The number of nitro groups is 1. The topological polar surface area (TPSA) is 98.0 Å². The predicted molar refractivity (Wildman–Crippen MR) is 125 cm³/mol. The van der Waals surface area contributed by atoms with Gasteiger partial charge >= 0.3 is 0 Å². The molecule has 32 heavy (non-hydrogen) atoms. The van der Waals surface area contributed by atoms with Crippen LogP contribution in [0.2, 0.25) is 0 Å². The van der Waals surface area contributed by atoms with Crippen LogP contribution in [0.15, 0.2) is 30.3 Å². The van der Waals surface area contributed by atoms with Gasteiger partial charge < -0.3 is 14.4 Å². The maximum atomic E-state index is 13.6. The molecule has 0 bridgehead atoms. The van der Waals surface area contributed by atoms with Crippen LogP contribution in [0.4, 0.5) is 10.8 Å². The zero-order chi connectivity index (χ0) is 23.4. The van der Waals surface area contributed by atoms with Gasteiger partial charge in [-0.3, -0.25) is 19.8 Å². The van der Waals surface area contributed by atoms with Gasteiger partial charge in [0.25, 0.3) is 11.6 Å². The molecule has 0 spiro atoms. The number of carbonyl (C=O) groups is 1. The van der Waals surface area contributed by atoms with Crippen molar-refractivity contribution in [3.8, 4) is 11.5 Å². The summed E-state index contributed by atoms with van der Waals surface area (Å²) in [6.07, 6.45) is 0.705. The van der Waals surface area contributed by atoms with Crippen molar-refractivity contribution < 1.29 is 19.2 Å². The lowest BCUT2D eigenvalue weighted by atomic mass is 10.1. The molecule has 2 aromatic carbocycles. The summed E-state index contributed by atoms with van der Waals surface area (Å²) in [4.78, 5) is 32.8. The summed E-state index contributed by atoms with van der Waals surface area (Å²) in [5, 5.41) is 11.9. The Labute approximate surface area is 190 Å². The van der Waals surface area contributed by atoms with Gasteiger partial charge in [-0.05, 0) is 52.2 Å². The van der Waals surface area contributed by atoms with Gasteiger partial charge in [-0.1, -0.05) is 17.4 Å². The van der Waals surface area contributed by atoms with E-state index in [1.165, 1.54) is 23.5 Å². The average molecular weight is 459 g/mol. The fourth-order valence-corrected chi connectivity index (χ4v) is 4.52. The minimum Gasteiger partial charge on any atom is -0.495 e. The van der Waals surface area contributed by atoms with Crippen LogP contribution in [0.1, 0.15) is 22.3 Å². The highest BCUT2D eigenvalue weighted by atomic mass is 32.1. The van der Waals surface area contributed by atoms with E-state index in [2.05, 4.69) is 0 Å². The van der Waals surface area contributed by atoms with Crippen LogP contribution in [0.5, 0.6) is 11.5 Å². The molecule has 0 aliphatic rings. The standard InChI is InChI=1S/C22H26N4O5S/c1-14-15(8-6-9-16(14)26(28)29)21(27)25(13-7-12-24(2)3)22-23-19-17(30-4)10-11-18(31-5)20(19)32-22/h6,8-11H,7,12-13H2,1-5H3. The summed E-state index contributed by atoms with van der Waals surface area (Å²) in [6.45, 7) is 2.77. The number of thiazole rings is 1. The normalized spacial score (nSPS) is 11.1. The maximum Gasteiger partial charge on any atom is 0.273 e. The predicted octanol–water partition coefficient (Wildman–Crippen LogP) is 4.13. The minimum atomic E-state index is -0.476. The largest absolute Gasteiger partial charge is 0.495 e. The van der Waals surface area contributed by atoms with Crippen molar-refractivity contribution in [2.24, 2.45) is 0 Å². The van der Waals surface area contributed by atoms with E-state index in [0.717, 1.165) is 11.2 Å². The number of anilines is 1. The third-order valence-electron chi connectivity index (χ3n) is 5.09. The quantitative estimate of drug-likeness (QED) is 0.351. The number of fused-ring (bicyclic) bond motifs is 1. The van der Waals surface area contributed by atoms with Crippen molar-refractivity contribution in [3.63, 3.8) is 0 Å². The Morgan fingerprint density at radius 3 is 2.44 bits per heavy atom. The van der Waals surface area contributed by atoms with Gasteiger partial charge in [0.05, 0.1) is 19.1 Å². The van der Waals surface area contributed by atoms with Crippen LogP contribution in [-0.2, 0) is 0 Å². The number of hydrogen-bond acceptors (Lipinski definition) is 8. The summed E-state index contributed by atoms with van der Waals surface area (Å²) in [5.41, 5.74) is 1.13. The van der Waals surface area contributed by atoms with Crippen molar-refractivity contribution >= 4 is 38.3 Å². The van der Waals surface area contributed by atoms with Crippen molar-refractivity contribution in [1.82, 2.24) is 9.88 Å². The van der Waals surface area contributed by atoms with Crippen LogP contribution in [0.3, 0.4) is 0 Å². The molecule has 0 N–H and O–H groups in total. The number of benzene rings is 2. The highest BCUT2D eigenvalue weighted by molar-refractivity contribution is 7.22. The second kappa shape index (κ2) is 9.92. The van der Waals surface area contributed by atoms with Crippen molar-refractivity contribution in [2.45, 2.75) is 13.3 Å². The van der Waals surface area contributed by atoms with E-state index in [1.807, 2.05) is 19.0 Å². The van der Waals surface area contributed by atoms with Gasteiger partial charge in [-0.25, -0.2) is 4.98 Å². The van der Waals surface area contributed by atoms with E-state index in [-0.39, 0.29) is 17.2 Å². The number of aromatic nitrogens is 1. The summed E-state index contributed by atoms with van der Waals surface area (Å²) in [7, 11) is 7.06. The van der Waals surface area contributed by atoms with Crippen LogP contribution in [-0.4, -0.2) is 62.1 Å². The van der Waals surface area contributed by atoms with E-state index in [1.54, 1.807) is 44.2 Å². The zero-order valence-electron chi connectivity index (χ0n) is 18.7. The number of amides is 1. The van der Waals surface area contributed by atoms with Crippen molar-refractivity contribution in [1.29, 1.82) is 0 Å². The molecule has 1 heterocycles. The van der Waals surface area contributed by atoms with Crippen LogP contribution < -0.4 is 14.4 Å².